The van der Waals surface area contributed by atoms with Crippen molar-refractivity contribution in [2.75, 3.05) is 4.90 Å². The molecule has 0 aromatic heterocycles. The number of rotatable bonds is 4. The lowest BCUT2D eigenvalue weighted by Gasteiger charge is -2.40. The van der Waals surface area contributed by atoms with Gasteiger partial charge in [-0.05, 0) is 97.7 Å². The standard InChI is InChI=1S/C47H31NS/c1-3-14-35(15-4-1)48(36-16-5-2-6-17-36)37-27-23-32(24-28-37)34-26-29-43-45(31-34)49-46-38-18-8-7-13-33(38)25-30-44(46)47(43)41-21-11-9-19-39(41)40-20-10-12-22-42(40)47/h1-31H. The highest BCUT2D eigenvalue weighted by molar-refractivity contribution is 7.99. The Kier molecular flexibility index (Phi) is 6.40. The van der Waals surface area contributed by atoms with Crippen LogP contribution in [0.15, 0.2) is 198 Å². The molecule has 8 aromatic rings. The Morgan fingerprint density at radius 1 is 0.388 bits per heavy atom. The lowest BCUT2D eigenvalue weighted by molar-refractivity contribution is 0.726. The predicted octanol–water partition coefficient (Wildman–Crippen LogP) is 12.8. The number of anilines is 3. The molecule has 1 aliphatic carbocycles. The van der Waals surface area contributed by atoms with Crippen molar-refractivity contribution in [2.24, 2.45) is 0 Å². The van der Waals surface area contributed by atoms with E-state index in [4.69, 9.17) is 0 Å². The number of nitrogens with zero attached hydrogens (tertiary/aromatic N) is 1. The first-order valence-electron chi connectivity index (χ1n) is 16.9. The summed E-state index contributed by atoms with van der Waals surface area (Å²) in [6.45, 7) is 0. The third kappa shape index (κ3) is 4.21. The number of hydrogen-bond acceptors (Lipinski definition) is 2. The Labute approximate surface area is 291 Å². The molecule has 8 aromatic carbocycles. The molecular formula is C47H31NS. The first-order valence-corrected chi connectivity index (χ1v) is 17.7. The van der Waals surface area contributed by atoms with E-state index in [0.717, 1.165) is 17.1 Å². The third-order valence-corrected chi connectivity index (χ3v) is 11.5. The average molecular weight is 642 g/mol. The van der Waals surface area contributed by atoms with E-state index >= 15 is 0 Å². The van der Waals surface area contributed by atoms with Gasteiger partial charge in [0.2, 0.25) is 0 Å². The van der Waals surface area contributed by atoms with E-state index in [0.29, 0.717) is 0 Å². The number of fused-ring (bicyclic) bond motifs is 11. The summed E-state index contributed by atoms with van der Waals surface area (Å²) in [5.74, 6) is 0. The van der Waals surface area contributed by atoms with Crippen molar-refractivity contribution in [1.82, 2.24) is 0 Å². The second-order valence-electron chi connectivity index (χ2n) is 12.9. The number of para-hydroxylation sites is 2. The topological polar surface area (TPSA) is 3.24 Å². The highest BCUT2D eigenvalue weighted by Crippen LogP contribution is 2.63. The molecule has 0 fully saturated rings. The van der Waals surface area contributed by atoms with Crippen molar-refractivity contribution in [2.45, 2.75) is 15.2 Å². The lowest BCUT2D eigenvalue weighted by Crippen LogP contribution is -2.32. The van der Waals surface area contributed by atoms with Gasteiger partial charge in [0.25, 0.3) is 0 Å². The minimum absolute atomic E-state index is 0.388. The molecule has 10 rings (SSSR count). The molecule has 1 spiro atoms. The van der Waals surface area contributed by atoms with Crippen molar-refractivity contribution in [3.63, 3.8) is 0 Å². The average Bonchev–Trinajstić information content (AvgIpc) is 3.46. The van der Waals surface area contributed by atoms with Gasteiger partial charge in [-0.25, -0.2) is 0 Å². The first-order chi connectivity index (χ1) is 24.3. The van der Waals surface area contributed by atoms with Crippen LogP contribution in [0.4, 0.5) is 17.1 Å². The van der Waals surface area contributed by atoms with Crippen molar-refractivity contribution < 1.29 is 0 Å². The SMILES string of the molecule is c1ccc(N(c2ccccc2)c2ccc(-c3ccc4c(c3)Sc3c(ccc5ccccc35)C43c4ccccc4-c4ccccc43)cc2)cc1. The van der Waals surface area contributed by atoms with Crippen LogP contribution in [0.1, 0.15) is 22.3 Å². The largest absolute Gasteiger partial charge is 0.311 e. The van der Waals surface area contributed by atoms with E-state index in [-0.39, 0.29) is 5.41 Å². The van der Waals surface area contributed by atoms with Crippen LogP contribution >= 0.6 is 11.8 Å². The summed E-state index contributed by atoms with van der Waals surface area (Å²) >= 11 is 1.93. The maximum Gasteiger partial charge on any atom is 0.0735 e. The second kappa shape index (κ2) is 11.1. The highest BCUT2D eigenvalue weighted by atomic mass is 32.2. The zero-order chi connectivity index (χ0) is 32.4. The van der Waals surface area contributed by atoms with Crippen LogP contribution in [-0.4, -0.2) is 0 Å². The maximum absolute atomic E-state index is 2.43. The quantitative estimate of drug-likeness (QED) is 0.188. The molecule has 49 heavy (non-hydrogen) atoms. The summed E-state index contributed by atoms with van der Waals surface area (Å²) in [5.41, 5.74) is 13.6. The summed E-state index contributed by atoms with van der Waals surface area (Å²) in [6, 6.07) is 69.0. The molecular weight excluding hydrogens is 611 g/mol. The fourth-order valence-corrected chi connectivity index (χ4v) is 9.58. The number of hydrogen-bond donors (Lipinski definition) is 0. The van der Waals surface area contributed by atoms with Crippen LogP contribution in [-0.2, 0) is 5.41 Å². The molecule has 0 saturated heterocycles. The molecule has 0 bridgehead atoms. The van der Waals surface area contributed by atoms with Crippen LogP contribution in [0, 0.1) is 0 Å². The predicted molar refractivity (Wildman–Crippen MR) is 205 cm³/mol. The Bertz CT molecular complexity index is 2430. The Balaban J connectivity index is 1.15. The van der Waals surface area contributed by atoms with E-state index in [1.807, 2.05) is 11.8 Å². The molecule has 0 atom stereocenters. The molecule has 230 valence electrons. The van der Waals surface area contributed by atoms with E-state index in [9.17, 15) is 0 Å². The van der Waals surface area contributed by atoms with Crippen molar-refractivity contribution in [3.05, 3.63) is 210 Å². The third-order valence-electron chi connectivity index (χ3n) is 10.3. The van der Waals surface area contributed by atoms with Crippen LogP contribution in [0.5, 0.6) is 0 Å². The molecule has 0 amide bonds. The lowest BCUT2D eigenvalue weighted by atomic mass is 9.67. The molecule has 1 nitrogen and oxygen atoms in total. The molecule has 1 aliphatic heterocycles. The summed E-state index contributed by atoms with van der Waals surface area (Å²) in [4.78, 5) is 4.98. The Hall–Kier alpha value is -5.83. The van der Waals surface area contributed by atoms with Gasteiger partial charge in [-0.3, -0.25) is 0 Å². The van der Waals surface area contributed by atoms with E-state index in [1.54, 1.807) is 0 Å². The van der Waals surface area contributed by atoms with Gasteiger partial charge < -0.3 is 4.90 Å². The van der Waals surface area contributed by atoms with E-state index in [2.05, 4.69) is 193 Å². The molecule has 2 aliphatic rings. The van der Waals surface area contributed by atoms with Gasteiger partial charge >= 0.3 is 0 Å². The maximum atomic E-state index is 2.43. The fourth-order valence-electron chi connectivity index (χ4n) is 8.22. The van der Waals surface area contributed by atoms with Gasteiger partial charge in [-0.1, -0.05) is 157 Å². The van der Waals surface area contributed by atoms with Gasteiger partial charge in [0.05, 0.1) is 5.41 Å². The minimum Gasteiger partial charge on any atom is -0.311 e. The molecule has 0 saturated carbocycles. The molecule has 0 N–H and O–H groups in total. The first kappa shape index (κ1) is 28.2. The normalized spacial score (nSPS) is 13.4. The zero-order valence-corrected chi connectivity index (χ0v) is 27.6. The minimum atomic E-state index is -0.388. The van der Waals surface area contributed by atoms with E-state index < -0.39 is 0 Å². The highest BCUT2D eigenvalue weighted by Gasteiger charge is 2.50. The van der Waals surface area contributed by atoms with Crippen LogP contribution in [0.2, 0.25) is 0 Å². The summed E-state index contributed by atoms with van der Waals surface area (Å²) < 4.78 is 0. The molecule has 0 unspecified atom stereocenters. The Morgan fingerprint density at radius 2 is 0.918 bits per heavy atom. The van der Waals surface area contributed by atoms with Gasteiger partial charge in [-0.15, -0.1) is 0 Å². The van der Waals surface area contributed by atoms with E-state index in [1.165, 1.54) is 65.1 Å². The van der Waals surface area contributed by atoms with Gasteiger partial charge in [0.1, 0.15) is 0 Å². The van der Waals surface area contributed by atoms with Gasteiger partial charge in [0, 0.05) is 26.9 Å². The second-order valence-corrected chi connectivity index (χ2v) is 13.9. The summed E-state index contributed by atoms with van der Waals surface area (Å²) in [5, 5.41) is 2.59. The summed E-state index contributed by atoms with van der Waals surface area (Å²) in [6.07, 6.45) is 0. The van der Waals surface area contributed by atoms with Crippen LogP contribution in [0.3, 0.4) is 0 Å². The van der Waals surface area contributed by atoms with Crippen LogP contribution in [0.25, 0.3) is 33.0 Å². The van der Waals surface area contributed by atoms with Crippen molar-refractivity contribution in [1.29, 1.82) is 0 Å². The van der Waals surface area contributed by atoms with Gasteiger partial charge in [0.15, 0.2) is 0 Å². The molecule has 1 heterocycles. The monoisotopic (exact) mass is 641 g/mol. The number of benzene rings is 8. The van der Waals surface area contributed by atoms with Crippen molar-refractivity contribution >= 4 is 39.6 Å². The Morgan fingerprint density at radius 3 is 1.59 bits per heavy atom. The molecule has 0 radical (unpaired) electrons. The van der Waals surface area contributed by atoms with Crippen LogP contribution < -0.4 is 4.90 Å². The zero-order valence-electron chi connectivity index (χ0n) is 26.8. The molecule has 2 heteroatoms. The summed E-state index contributed by atoms with van der Waals surface area (Å²) in [7, 11) is 0. The fraction of sp³-hybridized carbons (Fsp3) is 0.0213. The smallest absolute Gasteiger partial charge is 0.0735 e. The van der Waals surface area contributed by atoms with Crippen molar-refractivity contribution in [3.8, 4) is 22.3 Å². The van der Waals surface area contributed by atoms with Gasteiger partial charge in [-0.2, -0.15) is 0 Å².